The first-order chi connectivity index (χ1) is 16.8. The van der Waals surface area contributed by atoms with Crippen LogP contribution < -0.4 is 4.74 Å². The zero-order chi connectivity index (χ0) is 22.7. The van der Waals surface area contributed by atoms with Gasteiger partial charge >= 0.3 is 0 Å². The third-order valence-corrected chi connectivity index (χ3v) is 7.16. The summed E-state index contributed by atoms with van der Waals surface area (Å²) in [6.07, 6.45) is 8.25. The molecule has 0 spiro atoms. The van der Waals surface area contributed by atoms with Crippen LogP contribution in [0.5, 0.6) is 5.75 Å². The average molecular weight is 453 g/mol. The van der Waals surface area contributed by atoms with Crippen molar-refractivity contribution < 1.29 is 4.74 Å². The molecule has 1 fully saturated rings. The minimum atomic E-state index is 0.743. The molecule has 174 valence electrons. The van der Waals surface area contributed by atoms with Gasteiger partial charge in [-0.1, -0.05) is 36.8 Å². The maximum atomic E-state index is 5.67. The summed E-state index contributed by atoms with van der Waals surface area (Å²) in [5.74, 6) is 1.86. The molecular formula is C29H32N4O. The zero-order valence-electron chi connectivity index (χ0n) is 19.7. The van der Waals surface area contributed by atoms with E-state index in [-0.39, 0.29) is 0 Å². The molecule has 0 saturated carbocycles. The van der Waals surface area contributed by atoms with Gasteiger partial charge in [0, 0.05) is 18.4 Å². The Bertz CT molecular complexity index is 1270. The highest BCUT2D eigenvalue weighted by Crippen LogP contribution is 2.30. The molecule has 0 aliphatic carbocycles. The Kier molecular flexibility index (Phi) is 6.02. The number of benzene rings is 2. The van der Waals surface area contributed by atoms with E-state index in [9.17, 15) is 0 Å². The molecule has 2 aliphatic rings. The fourth-order valence-corrected chi connectivity index (χ4v) is 5.29. The van der Waals surface area contributed by atoms with Crippen molar-refractivity contribution in [2.24, 2.45) is 0 Å². The van der Waals surface area contributed by atoms with Crippen molar-refractivity contribution in [2.75, 3.05) is 26.2 Å². The first-order valence-corrected chi connectivity index (χ1v) is 12.7. The summed E-state index contributed by atoms with van der Waals surface area (Å²) < 4.78 is 7.64. The molecule has 2 aromatic heterocycles. The predicted octanol–water partition coefficient (Wildman–Crippen LogP) is 5.34. The number of pyridine rings is 1. The second-order valence-corrected chi connectivity index (χ2v) is 9.63. The molecule has 4 heterocycles. The van der Waals surface area contributed by atoms with Gasteiger partial charge in [-0.2, -0.15) is 5.10 Å². The van der Waals surface area contributed by atoms with E-state index in [1.165, 1.54) is 62.0 Å². The van der Waals surface area contributed by atoms with Crippen molar-refractivity contribution in [1.29, 1.82) is 0 Å². The lowest BCUT2D eigenvalue weighted by molar-refractivity contribution is 0.226. The molecule has 0 radical (unpaired) electrons. The third-order valence-electron chi connectivity index (χ3n) is 7.16. The molecule has 2 aliphatic heterocycles. The van der Waals surface area contributed by atoms with Gasteiger partial charge in [-0.15, -0.1) is 0 Å². The molecule has 34 heavy (non-hydrogen) atoms. The van der Waals surface area contributed by atoms with Crippen LogP contribution in [0.15, 0.2) is 60.7 Å². The van der Waals surface area contributed by atoms with Crippen LogP contribution >= 0.6 is 0 Å². The van der Waals surface area contributed by atoms with Crippen LogP contribution in [0.2, 0.25) is 0 Å². The standard InChI is InChI=1S/C29H32N4O/c1-2-16-32(17-3-1)18-5-6-22-9-11-23(12-10-22)20-28-30-29-8-4-7-26(33(29)31-28)24-13-14-27-25(21-24)15-19-34-27/h4,7-14,21H,1-3,5-6,15-20H2. The number of piperidine rings is 1. The zero-order valence-corrected chi connectivity index (χ0v) is 19.7. The smallest absolute Gasteiger partial charge is 0.156 e. The first kappa shape index (κ1) is 21.4. The molecule has 0 N–H and O–H groups in total. The monoisotopic (exact) mass is 452 g/mol. The van der Waals surface area contributed by atoms with Gasteiger partial charge in [-0.3, -0.25) is 0 Å². The highest BCUT2D eigenvalue weighted by Gasteiger charge is 2.15. The molecule has 0 atom stereocenters. The lowest BCUT2D eigenvalue weighted by Crippen LogP contribution is -2.30. The third kappa shape index (κ3) is 4.58. The van der Waals surface area contributed by atoms with Gasteiger partial charge in [-0.05, 0) is 92.3 Å². The molecule has 5 nitrogen and oxygen atoms in total. The first-order valence-electron chi connectivity index (χ1n) is 12.7. The summed E-state index contributed by atoms with van der Waals surface area (Å²) in [5.41, 5.74) is 7.05. The number of hydrogen-bond donors (Lipinski definition) is 0. The van der Waals surface area contributed by atoms with Crippen LogP contribution in [0.25, 0.3) is 16.9 Å². The van der Waals surface area contributed by atoms with Gasteiger partial charge in [0.25, 0.3) is 0 Å². The Balaban J connectivity index is 1.13. The highest BCUT2D eigenvalue weighted by atomic mass is 16.5. The number of aromatic nitrogens is 3. The molecule has 4 aromatic rings. The van der Waals surface area contributed by atoms with Crippen molar-refractivity contribution in [3.63, 3.8) is 0 Å². The molecule has 1 saturated heterocycles. The molecule has 6 rings (SSSR count). The van der Waals surface area contributed by atoms with Gasteiger partial charge in [0.2, 0.25) is 0 Å². The van der Waals surface area contributed by atoms with Crippen molar-refractivity contribution in [2.45, 2.75) is 44.9 Å². The van der Waals surface area contributed by atoms with Crippen LogP contribution in [-0.2, 0) is 19.3 Å². The molecule has 2 aromatic carbocycles. The predicted molar refractivity (Wildman–Crippen MR) is 135 cm³/mol. The maximum absolute atomic E-state index is 5.67. The minimum Gasteiger partial charge on any atom is -0.493 e. The summed E-state index contributed by atoms with van der Waals surface area (Å²) in [4.78, 5) is 7.43. The fraction of sp³-hybridized carbons (Fsp3) is 0.379. The second-order valence-electron chi connectivity index (χ2n) is 9.63. The number of likely N-dealkylation sites (tertiary alicyclic amines) is 1. The number of hydrogen-bond acceptors (Lipinski definition) is 4. The lowest BCUT2D eigenvalue weighted by Gasteiger charge is -2.26. The number of aryl methyl sites for hydroxylation is 1. The van der Waals surface area contributed by atoms with Crippen molar-refractivity contribution >= 4 is 5.65 Å². The lowest BCUT2D eigenvalue weighted by atomic mass is 10.0. The number of fused-ring (bicyclic) bond motifs is 2. The van der Waals surface area contributed by atoms with E-state index in [4.69, 9.17) is 14.8 Å². The Morgan fingerprint density at radius 3 is 2.62 bits per heavy atom. The molecule has 5 heteroatoms. The summed E-state index contributed by atoms with van der Waals surface area (Å²) in [6.45, 7) is 4.57. The van der Waals surface area contributed by atoms with Gasteiger partial charge < -0.3 is 9.64 Å². The van der Waals surface area contributed by atoms with Crippen LogP contribution in [-0.4, -0.2) is 45.7 Å². The Morgan fingerprint density at radius 2 is 1.74 bits per heavy atom. The van der Waals surface area contributed by atoms with Gasteiger partial charge in [0.05, 0.1) is 12.3 Å². The number of nitrogens with zero attached hydrogens (tertiary/aromatic N) is 4. The number of ether oxygens (including phenoxy) is 1. The largest absolute Gasteiger partial charge is 0.493 e. The Morgan fingerprint density at radius 1 is 0.882 bits per heavy atom. The summed E-state index contributed by atoms with van der Waals surface area (Å²) in [6, 6.07) is 21.6. The highest BCUT2D eigenvalue weighted by molar-refractivity contribution is 5.65. The van der Waals surface area contributed by atoms with E-state index in [2.05, 4.69) is 59.5 Å². The topological polar surface area (TPSA) is 42.7 Å². The summed E-state index contributed by atoms with van der Waals surface area (Å²) in [7, 11) is 0. The minimum absolute atomic E-state index is 0.743. The van der Waals surface area contributed by atoms with Crippen LogP contribution in [0.1, 0.15) is 48.2 Å². The van der Waals surface area contributed by atoms with Crippen LogP contribution in [0.4, 0.5) is 0 Å². The quantitative estimate of drug-likeness (QED) is 0.380. The summed E-state index contributed by atoms with van der Waals surface area (Å²) in [5, 5.41) is 4.87. The Hall–Kier alpha value is -3.18. The van der Waals surface area contributed by atoms with Crippen LogP contribution in [0, 0.1) is 0 Å². The van der Waals surface area contributed by atoms with E-state index in [0.717, 1.165) is 54.3 Å². The molecule has 0 unspecified atom stereocenters. The normalized spacial score (nSPS) is 16.0. The van der Waals surface area contributed by atoms with E-state index < -0.39 is 0 Å². The van der Waals surface area contributed by atoms with E-state index in [1.54, 1.807) is 0 Å². The molecular weight excluding hydrogens is 420 g/mol. The van der Waals surface area contributed by atoms with E-state index in [1.807, 2.05) is 10.6 Å². The second kappa shape index (κ2) is 9.59. The average Bonchev–Trinajstić information content (AvgIpc) is 3.51. The van der Waals surface area contributed by atoms with Crippen molar-refractivity contribution in [1.82, 2.24) is 19.5 Å². The van der Waals surface area contributed by atoms with E-state index >= 15 is 0 Å². The van der Waals surface area contributed by atoms with Crippen molar-refractivity contribution in [3.05, 3.63) is 83.2 Å². The van der Waals surface area contributed by atoms with Crippen molar-refractivity contribution in [3.8, 4) is 17.0 Å². The maximum Gasteiger partial charge on any atom is 0.156 e. The Labute approximate surface area is 201 Å². The fourth-order valence-electron chi connectivity index (χ4n) is 5.29. The molecule has 0 amide bonds. The summed E-state index contributed by atoms with van der Waals surface area (Å²) >= 11 is 0. The SMILES string of the molecule is c1cc(-c2ccc3c(c2)CCO3)n2nc(Cc3ccc(CCCN4CCCCC4)cc3)nc2c1. The number of rotatable bonds is 7. The van der Waals surface area contributed by atoms with Gasteiger partial charge in [0.15, 0.2) is 11.5 Å². The van der Waals surface area contributed by atoms with Gasteiger partial charge in [0.1, 0.15) is 5.75 Å². The van der Waals surface area contributed by atoms with Gasteiger partial charge in [-0.25, -0.2) is 9.50 Å². The van der Waals surface area contributed by atoms with Crippen LogP contribution in [0.3, 0.4) is 0 Å². The van der Waals surface area contributed by atoms with E-state index in [0.29, 0.717) is 0 Å². The molecule has 0 bridgehead atoms.